The molecule has 2 N–H and O–H groups in total. The Morgan fingerprint density at radius 3 is 2.58 bits per heavy atom. The molecule has 0 saturated carbocycles. The highest BCUT2D eigenvalue weighted by atomic mass is 32.2. The molecule has 106 valence electrons. The quantitative estimate of drug-likeness (QED) is 0.857. The molecule has 1 aromatic rings. The Kier molecular flexibility index (Phi) is 3.40. The average molecular weight is 287 g/mol. The van der Waals surface area contributed by atoms with Gasteiger partial charge in [-0.05, 0) is 26.2 Å². The molecule has 2 unspecified atom stereocenters. The van der Waals surface area contributed by atoms with Crippen LogP contribution in [0.15, 0.2) is 5.03 Å². The Morgan fingerprint density at radius 2 is 2.11 bits per heavy atom. The number of sulfonamides is 1. The van der Waals surface area contributed by atoms with Crippen LogP contribution in [0.1, 0.15) is 36.3 Å². The lowest BCUT2D eigenvalue weighted by molar-refractivity contribution is 0.0691. The molecule has 1 aliphatic heterocycles. The van der Waals surface area contributed by atoms with Crippen molar-refractivity contribution < 1.29 is 18.3 Å². The molecule has 1 saturated heterocycles. The van der Waals surface area contributed by atoms with E-state index in [4.69, 9.17) is 5.11 Å². The average Bonchev–Trinajstić information content (AvgIpc) is 2.82. The van der Waals surface area contributed by atoms with Gasteiger partial charge in [-0.25, -0.2) is 13.2 Å². The summed E-state index contributed by atoms with van der Waals surface area (Å²) in [6.07, 6.45) is 0.769. The molecular formula is C11H17N3O4S. The van der Waals surface area contributed by atoms with Crippen LogP contribution in [0, 0.1) is 12.8 Å². The lowest BCUT2D eigenvalue weighted by Gasteiger charge is -2.19. The third-order valence-electron chi connectivity index (χ3n) is 3.41. The molecule has 1 aliphatic rings. The van der Waals surface area contributed by atoms with Crippen molar-refractivity contribution in [3.63, 3.8) is 0 Å². The van der Waals surface area contributed by atoms with Crippen LogP contribution in [0.4, 0.5) is 0 Å². The van der Waals surface area contributed by atoms with E-state index in [1.54, 1.807) is 0 Å². The zero-order chi connectivity index (χ0) is 14.4. The summed E-state index contributed by atoms with van der Waals surface area (Å²) in [6, 6.07) is -0.140. The van der Waals surface area contributed by atoms with E-state index < -0.39 is 21.0 Å². The van der Waals surface area contributed by atoms with E-state index in [0.29, 0.717) is 6.54 Å². The largest absolute Gasteiger partial charge is 0.478 e. The Bertz CT molecular complexity index is 607. The fraction of sp³-hybridized carbons (Fsp3) is 0.636. The van der Waals surface area contributed by atoms with Crippen LogP contribution in [0.3, 0.4) is 0 Å². The number of nitrogens with zero attached hydrogens (tertiary/aromatic N) is 2. The van der Waals surface area contributed by atoms with Gasteiger partial charge in [0, 0.05) is 18.3 Å². The number of carbonyl (C=O) groups is 1. The molecule has 0 radical (unpaired) electrons. The zero-order valence-electron chi connectivity index (χ0n) is 11.0. The molecule has 0 spiro atoms. The summed E-state index contributed by atoms with van der Waals surface area (Å²) in [4.78, 5) is 11.2. The molecule has 0 aliphatic carbocycles. The normalized spacial score (nSPS) is 24.8. The highest BCUT2D eigenvalue weighted by Crippen LogP contribution is 2.30. The Hall–Kier alpha value is -1.41. The van der Waals surface area contributed by atoms with Crippen molar-refractivity contribution in [3.8, 4) is 0 Å². The van der Waals surface area contributed by atoms with Crippen molar-refractivity contribution in [2.75, 3.05) is 6.54 Å². The van der Waals surface area contributed by atoms with E-state index in [-0.39, 0.29) is 23.2 Å². The zero-order valence-corrected chi connectivity index (χ0v) is 11.9. The minimum absolute atomic E-state index is 0.140. The maximum atomic E-state index is 12.5. The highest BCUT2D eigenvalue weighted by molar-refractivity contribution is 7.89. The number of carboxylic acid groups (broad SMARTS) is 1. The van der Waals surface area contributed by atoms with Crippen molar-refractivity contribution >= 4 is 16.0 Å². The molecule has 7 nitrogen and oxygen atoms in total. The van der Waals surface area contributed by atoms with E-state index in [0.717, 1.165) is 6.42 Å². The smallest absolute Gasteiger partial charge is 0.340 e. The Labute approximate surface area is 111 Å². The van der Waals surface area contributed by atoms with Gasteiger partial charge in [-0.15, -0.1) is 0 Å². The molecule has 2 heterocycles. The van der Waals surface area contributed by atoms with Crippen LogP contribution >= 0.6 is 0 Å². The van der Waals surface area contributed by atoms with E-state index in [2.05, 4.69) is 10.2 Å². The summed E-state index contributed by atoms with van der Waals surface area (Å²) in [6.45, 7) is 5.68. The highest BCUT2D eigenvalue weighted by Gasteiger charge is 2.40. The van der Waals surface area contributed by atoms with Crippen molar-refractivity contribution in [1.82, 2.24) is 14.5 Å². The second-order valence-electron chi connectivity index (χ2n) is 5.10. The first-order valence-electron chi connectivity index (χ1n) is 6.05. The van der Waals surface area contributed by atoms with Crippen LogP contribution in [0.2, 0.25) is 0 Å². The lowest BCUT2D eigenvalue weighted by atomic mass is 10.1. The van der Waals surface area contributed by atoms with Crippen LogP contribution in [0.25, 0.3) is 0 Å². The number of carboxylic acids is 1. The number of aryl methyl sites for hydroxylation is 1. The van der Waals surface area contributed by atoms with Crippen LogP contribution in [-0.4, -0.2) is 46.6 Å². The number of aromatic amines is 1. The molecule has 2 rings (SSSR count). The summed E-state index contributed by atoms with van der Waals surface area (Å²) >= 11 is 0. The molecule has 1 fully saturated rings. The molecule has 2 atom stereocenters. The van der Waals surface area contributed by atoms with E-state index in [1.807, 2.05) is 13.8 Å². The van der Waals surface area contributed by atoms with Gasteiger partial charge in [0.2, 0.25) is 5.03 Å². The van der Waals surface area contributed by atoms with Gasteiger partial charge in [0.15, 0.2) is 0 Å². The summed E-state index contributed by atoms with van der Waals surface area (Å²) in [5.41, 5.74) is -0.0299. The number of hydrogen-bond acceptors (Lipinski definition) is 4. The van der Waals surface area contributed by atoms with E-state index >= 15 is 0 Å². The number of aromatic nitrogens is 2. The van der Waals surface area contributed by atoms with Crippen LogP contribution in [-0.2, 0) is 10.0 Å². The first kappa shape index (κ1) is 14.0. The van der Waals surface area contributed by atoms with Gasteiger partial charge < -0.3 is 5.11 Å². The maximum Gasteiger partial charge on any atom is 0.340 e. The fourth-order valence-corrected chi connectivity index (χ4v) is 4.45. The second kappa shape index (κ2) is 4.61. The van der Waals surface area contributed by atoms with E-state index in [9.17, 15) is 13.2 Å². The fourth-order valence-electron chi connectivity index (χ4n) is 2.55. The Morgan fingerprint density at radius 1 is 1.47 bits per heavy atom. The SMILES string of the molecule is Cc1[nH]nc(S(=O)(=O)N2CC(C)CC2C)c1C(=O)O. The number of rotatable bonds is 3. The van der Waals surface area contributed by atoms with Gasteiger partial charge in [0.1, 0.15) is 5.56 Å². The molecule has 0 bridgehead atoms. The predicted molar refractivity (Wildman–Crippen MR) is 67.4 cm³/mol. The van der Waals surface area contributed by atoms with Crippen molar-refractivity contribution in [2.24, 2.45) is 5.92 Å². The van der Waals surface area contributed by atoms with Crippen molar-refractivity contribution in [3.05, 3.63) is 11.3 Å². The molecule has 0 amide bonds. The second-order valence-corrected chi connectivity index (χ2v) is 6.90. The van der Waals surface area contributed by atoms with Crippen molar-refractivity contribution in [1.29, 1.82) is 0 Å². The van der Waals surface area contributed by atoms with Crippen LogP contribution in [0.5, 0.6) is 0 Å². The van der Waals surface area contributed by atoms with Gasteiger partial charge in [0.05, 0.1) is 0 Å². The van der Waals surface area contributed by atoms with Gasteiger partial charge >= 0.3 is 5.97 Å². The van der Waals surface area contributed by atoms with Gasteiger partial charge in [0.25, 0.3) is 10.0 Å². The predicted octanol–water partition coefficient (Wildman–Crippen LogP) is 0.835. The summed E-state index contributed by atoms with van der Waals surface area (Å²) in [5.74, 6) is -1.03. The standard InChI is InChI=1S/C11H17N3O4S/c1-6-4-7(2)14(5-6)19(17,18)10-9(11(15)16)8(3)12-13-10/h6-7H,4-5H2,1-3H3,(H,12,13)(H,15,16). The summed E-state index contributed by atoms with van der Waals surface area (Å²) < 4.78 is 26.4. The Balaban J connectivity index is 2.49. The molecular weight excluding hydrogens is 270 g/mol. The molecule has 1 aromatic heterocycles. The van der Waals surface area contributed by atoms with Gasteiger partial charge in [-0.3, -0.25) is 5.10 Å². The minimum atomic E-state index is -3.87. The number of hydrogen-bond donors (Lipinski definition) is 2. The van der Waals surface area contributed by atoms with Crippen LogP contribution < -0.4 is 0 Å². The topological polar surface area (TPSA) is 103 Å². The first-order chi connectivity index (χ1) is 8.75. The lowest BCUT2D eigenvalue weighted by Crippen LogP contribution is -2.35. The van der Waals surface area contributed by atoms with Gasteiger partial charge in [-0.2, -0.15) is 9.40 Å². The number of nitrogens with one attached hydrogen (secondary N) is 1. The minimum Gasteiger partial charge on any atom is -0.478 e. The number of aromatic carboxylic acids is 1. The summed E-state index contributed by atoms with van der Waals surface area (Å²) in [7, 11) is -3.87. The third-order valence-corrected chi connectivity index (χ3v) is 5.32. The number of H-pyrrole nitrogens is 1. The molecule has 19 heavy (non-hydrogen) atoms. The van der Waals surface area contributed by atoms with Gasteiger partial charge in [-0.1, -0.05) is 6.92 Å². The molecule has 8 heteroatoms. The summed E-state index contributed by atoms with van der Waals surface area (Å²) in [5, 5.41) is 14.8. The molecule has 0 aromatic carbocycles. The maximum absolute atomic E-state index is 12.5. The van der Waals surface area contributed by atoms with E-state index in [1.165, 1.54) is 11.2 Å². The first-order valence-corrected chi connectivity index (χ1v) is 7.49. The van der Waals surface area contributed by atoms with Crippen molar-refractivity contribution in [2.45, 2.75) is 38.3 Å². The third kappa shape index (κ3) is 2.25. The monoisotopic (exact) mass is 287 g/mol.